The van der Waals surface area contributed by atoms with Gasteiger partial charge in [0.1, 0.15) is 0 Å². The Balaban J connectivity index is 1.84. The van der Waals surface area contributed by atoms with Crippen LogP contribution in [-0.4, -0.2) is 19.7 Å². The predicted octanol–water partition coefficient (Wildman–Crippen LogP) is 2.85. The number of nitrogens with zero attached hydrogens (tertiary/aromatic N) is 4. The third-order valence-corrected chi connectivity index (χ3v) is 3.17. The van der Waals surface area contributed by atoms with Gasteiger partial charge in [-0.25, -0.2) is 0 Å². The zero-order chi connectivity index (χ0) is 16.4. The Hall–Kier alpha value is -2.90. The van der Waals surface area contributed by atoms with Crippen LogP contribution in [0.2, 0.25) is 0 Å². The van der Waals surface area contributed by atoms with Crippen LogP contribution in [0.25, 0.3) is 5.69 Å². The summed E-state index contributed by atoms with van der Waals surface area (Å²) >= 11 is 0. The summed E-state index contributed by atoms with van der Waals surface area (Å²) in [4.78, 5) is 7.46. The maximum Gasteiger partial charge on any atom is 0.453 e. The molecular formula is C15H12F3N5. The van der Waals surface area contributed by atoms with Crippen LogP contribution in [0.5, 0.6) is 0 Å². The van der Waals surface area contributed by atoms with Gasteiger partial charge in [0, 0.05) is 12.1 Å². The minimum absolute atomic E-state index is 0.322. The van der Waals surface area contributed by atoms with E-state index in [2.05, 4.69) is 15.1 Å². The largest absolute Gasteiger partial charge is 0.453 e. The van der Waals surface area contributed by atoms with Crippen LogP contribution in [0.15, 0.2) is 48.7 Å². The molecule has 2 N–H and O–H groups in total. The third-order valence-electron chi connectivity index (χ3n) is 3.17. The summed E-state index contributed by atoms with van der Waals surface area (Å²) in [5.74, 6) is -1.61. The van der Waals surface area contributed by atoms with E-state index < -0.39 is 12.0 Å². The normalized spacial score (nSPS) is 11.6. The first-order valence-corrected chi connectivity index (χ1v) is 6.72. The summed E-state index contributed by atoms with van der Waals surface area (Å²) in [6, 6.07) is 13.1. The molecule has 5 nitrogen and oxygen atoms in total. The smallest absolute Gasteiger partial charge is 0.368 e. The number of halogens is 3. The Morgan fingerprint density at radius 1 is 1.04 bits per heavy atom. The Labute approximate surface area is 129 Å². The van der Waals surface area contributed by atoms with Gasteiger partial charge in [0.2, 0.25) is 5.95 Å². The summed E-state index contributed by atoms with van der Waals surface area (Å²) in [5, 5.41) is 3.38. The molecule has 0 radical (unpaired) electrons. The number of aromatic nitrogens is 4. The molecule has 0 aliphatic rings. The molecule has 0 fully saturated rings. The molecule has 0 aliphatic heterocycles. The summed E-state index contributed by atoms with van der Waals surface area (Å²) in [7, 11) is 0. The fourth-order valence-corrected chi connectivity index (χ4v) is 2.09. The van der Waals surface area contributed by atoms with E-state index in [-0.39, 0.29) is 5.95 Å². The van der Waals surface area contributed by atoms with E-state index in [1.807, 2.05) is 30.3 Å². The maximum absolute atomic E-state index is 12.6. The molecule has 3 aromatic rings. The number of alkyl halides is 3. The number of hydrogen-bond donors (Lipinski definition) is 1. The molecule has 0 aliphatic carbocycles. The van der Waals surface area contributed by atoms with E-state index in [4.69, 9.17) is 5.73 Å². The lowest BCUT2D eigenvalue weighted by Gasteiger charge is -2.05. The molecule has 3 rings (SSSR count). The summed E-state index contributed by atoms with van der Waals surface area (Å²) in [5.41, 5.74) is 7.69. The van der Waals surface area contributed by atoms with Gasteiger partial charge in [0.15, 0.2) is 0 Å². The van der Waals surface area contributed by atoms with Gasteiger partial charge in [-0.15, -0.1) is 5.10 Å². The number of hydrogen-bond acceptors (Lipinski definition) is 4. The van der Waals surface area contributed by atoms with E-state index in [1.54, 1.807) is 12.1 Å². The van der Waals surface area contributed by atoms with Crippen LogP contribution in [0.4, 0.5) is 19.1 Å². The first kappa shape index (κ1) is 15.0. The number of rotatable bonds is 3. The van der Waals surface area contributed by atoms with Crippen LogP contribution >= 0.6 is 0 Å². The fraction of sp³-hybridized carbons (Fsp3) is 0.133. The van der Waals surface area contributed by atoms with E-state index in [1.165, 1.54) is 6.20 Å². The van der Waals surface area contributed by atoms with Crippen LogP contribution in [0.1, 0.15) is 17.1 Å². The van der Waals surface area contributed by atoms with Crippen molar-refractivity contribution >= 4 is 5.95 Å². The second-order valence-electron chi connectivity index (χ2n) is 4.87. The van der Waals surface area contributed by atoms with Gasteiger partial charge in [-0.2, -0.15) is 22.8 Å². The van der Waals surface area contributed by atoms with E-state index in [0.29, 0.717) is 12.1 Å². The number of anilines is 1. The number of nitrogen functional groups attached to an aromatic ring is 1. The fourth-order valence-electron chi connectivity index (χ4n) is 2.09. The van der Waals surface area contributed by atoms with Crippen LogP contribution < -0.4 is 5.73 Å². The number of pyridine rings is 1. The topological polar surface area (TPSA) is 69.6 Å². The van der Waals surface area contributed by atoms with Crippen molar-refractivity contribution in [3.63, 3.8) is 0 Å². The second kappa shape index (κ2) is 5.71. The molecule has 0 amide bonds. The Kier molecular flexibility index (Phi) is 3.73. The molecule has 0 saturated carbocycles. The summed E-state index contributed by atoms with van der Waals surface area (Å²) in [6.45, 7) is 0. The molecule has 0 saturated heterocycles. The summed E-state index contributed by atoms with van der Waals surface area (Å²) < 4.78 is 38.7. The predicted molar refractivity (Wildman–Crippen MR) is 77.8 cm³/mol. The Morgan fingerprint density at radius 2 is 1.78 bits per heavy atom. The zero-order valence-electron chi connectivity index (χ0n) is 11.8. The van der Waals surface area contributed by atoms with Crippen LogP contribution in [-0.2, 0) is 12.6 Å². The third kappa shape index (κ3) is 3.31. The molecule has 2 aromatic heterocycles. The van der Waals surface area contributed by atoms with Crippen LogP contribution in [0.3, 0.4) is 0 Å². The molecule has 23 heavy (non-hydrogen) atoms. The van der Waals surface area contributed by atoms with Gasteiger partial charge in [-0.3, -0.25) is 4.98 Å². The van der Waals surface area contributed by atoms with Crippen molar-refractivity contribution in [2.75, 3.05) is 5.73 Å². The molecule has 0 bridgehead atoms. The number of benzene rings is 1. The van der Waals surface area contributed by atoms with Gasteiger partial charge in [-0.1, -0.05) is 30.3 Å². The number of nitrogens with two attached hydrogens (primary N) is 1. The van der Waals surface area contributed by atoms with Crippen molar-refractivity contribution in [2.24, 2.45) is 0 Å². The minimum Gasteiger partial charge on any atom is -0.368 e. The first-order chi connectivity index (χ1) is 10.9. The maximum atomic E-state index is 12.6. The Bertz CT molecular complexity index is 794. The average molecular weight is 319 g/mol. The second-order valence-corrected chi connectivity index (χ2v) is 4.87. The lowest BCUT2D eigenvalue weighted by atomic mass is 10.1. The quantitative estimate of drug-likeness (QED) is 0.806. The molecule has 1 aromatic carbocycles. The van der Waals surface area contributed by atoms with Gasteiger partial charge in [0.25, 0.3) is 5.82 Å². The highest BCUT2D eigenvalue weighted by atomic mass is 19.4. The van der Waals surface area contributed by atoms with Gasteiger partial charge in [-0.05, 0) is 17.7 Å². The van der Waals surface area contributed by atoms with Crippen molar-refractivity contribution in [2.45, 2.75) is 12.6 Å². The highest BCUT2D eigenvalue weighted by Crippen LogP contribution is 2.27. The van der Waals surface area contributed by atoms with Crippen LogP contribution in [0, 0.1) is 0 Å². The van der Waals surface area contributed by atoms with Gasteiger partial charge in [0.05, 0.1) is 11.9 Å². The highest BCUT2D eigenvalue weighted by Gasteiger charge is 2.37. The van der Waals surface area contributed by atoms with Crippen molar-refractivity contribution in [1.82, 2.24) is 19.7 Å². The molecule has 118 valence electrons. The molecule has 0 atom stereocenters. The average Bonchev–Trinajstić information content (AvgIpc) is 2.91. The van der Waals surface area contributed by atoms with Crippen molar-refractivity contribution in [3.05, 3.63) is 65.7 Å². The monoisotopic (exact) mass is 319 g/mol. The summed E-state index contributed by atoms with van der Waals surface area (Å²) in [6.07, 6.45) is -2.59. The van der Waals surface area contributed by atoms with E-state index >= 15 is 0 Å². The van der Waals surface area contributed by atoms with E-state index in [9.17, 15) is 13.2 Å². The standard InChI is InChI=1S/C15H12F3N5/c16-15(17,18)13-21-14(19)23(22-13)12-7-6-11(20-9-12)8-10-4-2-1-3-5-10/h1-7,9H,8H2,(H2,19,21,22). The lowest BCUT2D eigenvalue weighted by Crippen LogP contribution is -2.08. The van der Waals surface area contributed by atoms with Crippen molar-refractivity contribution in [1.29, 1.82) is 0 Å². The molecule has 2 heterocycles. The highest BCUT2D eigenvalue weighted by molar-refractivity contribution is 5.37. The van der Waals surface area contributed by atoms with Gasteiger partial charge < -0.3 is 5.73 Å². The van der Waals surface area contributed by atoms with Crippen molar-refractivity contribution < 1.29 is 13.2 Å². The lowest BCUT2D eigenvalue weighted by molar-refractivity contribution is -0.144. The van der Waals surface area contributed by atoms with Crippen molar-refractivity contribution in [3.8, 4) is 5.69 Å². The minimum atomic E-state index is -4.64. The molecule has 0 spiro atoms. The van der Waals surface area contributed by atoms with Gasteiger partial charge >= 0.3 is 6.18 Å². The molecule has 0 unspecified atom stereocenters. The van der Waals surface area contributed by atoms with E-state index in [0.717, 1.165) is 15.9 Å². The molecular weight excluding hydrogens is 307 g/mol. The SMILES string of the molecule is Nc1nc(C(F)(F)F)nn1-c1ccc(Cc2ccccc2)nc1. The zero-order valence-corrected chi connectivity index (χ0v) is 11.8. The molecule has 8 heteroatoms. The first-order valence-electron chi connectivity index (χ1n) is 6.72. The Morgan fingerprint density at radius 3 is 2.35 bits per heavy atom.